The summed E-state index contributed by atoms with van der Waals surface area (Å²) in [5.74, 6) is -0.519. The molecule has 5 heteroatoms. The first kappa shape index (κ1) is 7.46. The van der Waals surface area contributed by atoms with Crippen molar-refractivity contribution in [2.75, 3.05) is 6.61 Å². The zero-order valence-electron chi connectivity index (χ0n) is 5.61. The molecule has 1 heterocycles. The highest BCUT2D eigenvalue weighted by atomic mass is 16.5. The summed E-state index contributed by atoms with van der Waals surface area (Å²) in [5.41, 5.74) is 0. The number of nitrogens with zero attached hydrogens (tertiary/aromatic N) is 1. The topological polar surface area (TPSA) is 72.1 Å². The summed E-state index contributed by atoms with van der Waals surface area (Å²) in [7, 11) is 0. The number of aldehydes is 1. The molecule has 1 aromatic rings. The van der Waals surface area contributed by atoms with Gasteiger partial charge in [-0.15, -0.1) is 0 Å². The molecular weight excluding hydrogens is 148 g/mol. The van der Waals surface area contributed by atoms with E-state index in [9.17, 15) is 9.59 Å². The lowest BCUT2D eigenvalue weighted by molar-refractivity contribution is -0.110. The molecular formula is C6H6N2O3. The monoisotopic (exact) mass is 154 g/mol. The summed E-state index contributed by atoms with van der Waals surface area (Å²) in [6.45, 7) is -0.237. The molecule has 0 aliphatic heterocycles. The standard InChI is InChI=1S/C6H6N2O3/c9-3-4-11-6(10)5-7-1-2-8-5/h1-3H,4H2,(H,7,8). The molecule has 58 valence electrons. The quantitative estimate of drug-likeness (QED) is 0.482. The van der Waals surface area contributed by atoms with Gasteiger partial charge in [-0.25, -0.2) is 9.78 Å². The zero-order valence-corrected chi connectivity index (χ0v) is 5.61. The van der Waals surface area contributed by atoms with Crippen LogP contribution < -0.4 is 0 Å². The molecule has 0 aromatic carbocycles. The molecule has 0 aliphatic carbocycles. The fourth-order valence-corrected chi connectivity index (χ4v) is 0.555. The van der Waals surface area contributed by atoms with Gasteiger partial charge in [0.2, 0.25) is 5.82 Å². The maximum atomic E-state index is 10.8. The number of esters is 1. The van der Waals surface area contributed by atoms with Crippen LogP contribution in [0.25, 0.3) is 0 Å². The Labute approximate surface area is 62.4 Å². The minimum absolute atomic E-state index is 0.104. The molecule has 0 atom stereocenters. The van der Waals surface area contributed by atoms with Crippen molar-refractivity contribution in [3.8, 4) is 0 Å². The summed E-state index contributed by atoms with van der Waals surface area (Å²) in [6, 6.07) is 0. The molecule has 0 saturated heterocycles. The predicted molar refractivity (Wildman–Crippen MR) is 34.9 cm³/mol. The molecule has 0 aliphatic rings. The Morgan fingerprint density at radius 2 is 2.64 bits per heavy atom. The van der Waals surface area contributed by atoms with Crippen LogP contribution in [-0.2, 0) is 9.53 Å². The maximum Gasteiger partial charge on any atom is 0.374 e. The second-order valence-corrected chi connectivity index (χ2v) is 1.70. The molecule has 1 rings (SSSR count). The van der Waals surface area contributed by atoms with E-state index in [0.717, 1.165) is 0 Å². The molecule has 0 fully saturated rings. The van der Waals surface area contributed by atoms with Crippen LogP contribution in [-0.4, -0.2) is 28.8 Å². The molecule has 0 bridgehead atoms. The van der Waals surface area contributed by atoms with Crippen molar-refractivity contribution in [1.82, 2.24) is 9.97 Å². The number of H-pyrrole nitrogens is 1. The van der Waals surface area contributed by atoms with Crippen molar-refractivity contribution < 1.29 is 14.3 Å². The fourth-order valence-electron chi connectivity index (χ4n) is 0.555. The Morgan fingerprint density at radius 3 is 3.18 bits per heavy atom. The summed E-state index contributed by atoms with van der Waals surface area (Å²) < 4.78 is 4.43. The van der Waals surface area contributed by atoms with E-state index in [-0.39, 0.29) is 12.4 Å². The third-order valence-corrected chi connectivity index (χ3v) is 0.974. The molecule has 0 spiro atoms. The van der Waals surface area contributed by atoms with Crippen LogP contribution in [0.15, 0.2) is 12.4 Å². The van der Waals surface area contributed by atoms with Crippen LogP contribution in [0.1, 0.15) is 10.6 Å². The van der Waals surface area contributed by atoms with Gasteiger partial charge in [-0.1, -0.05) is 0 Å². The van der Waals surface area contributed by atoms with Crippen LogP contribution in [0.3, 0.4) is 0 Å². The first-order chi connectivity index (χ1) is 5.34. The molecule has 1 aromatic heterocycles. The van der Waals surface area contributed by atoms with E-state index in [1.165, 1.54) is 12.4 Å². The van der Waals surface area contributed by atoms with Gasteiger partial charge in [0.25, 0.3) is 0 Å². The third kappa shape index (κ3) is 1.89. The Morgan fingerprint density at radius 1 is 1.82 bits per heavy atom. The van der Waals surface area contributed by atoms with Crippen molar-refractivity contribution in [3.63, 3.8) is 0 Å². The van der Waals surface area contributed by atoms with E-state index in [0.29, 0.717) is 6.29 Å². The van der Waals surface area contributed by atoms with Gasteiger partial charge in [0.1, 0.15) is 6.61 Å². The Hall–Kier alpha value is -1.65. The second-order valence-electron chi connectivity index (χ2n) is 1.70. The number of aromatic amines is 1. The van der Waals surface area contributed by atoms with Gasteiger partial charge < -0.3 is 9.72 Å². The van der Waals surface area contributed by atoms with E-state index in [1.54, 1.807) is 0 Å². The molecule has 11 heavy (non-hydrogen) atoms. The SMILES string of the molecule is O=CCOC(=O)c1ncc[nH]1. The molecule has 5 nitrogen and oxygen atoms in total. The van der Waals surface area contributed by atoms with Crippen molar-refractivity contribution >= 4 is 12.3 Å². The van der Waals surface area contributed by atoms with Gasteiger partial charge in [0.05, 0.1) is 0 Å². The predicted octanol–water partition coefficient (Wildman–Crippen LogP) is -0.235. The van der Waals surface area contributed by atoms with Gasteiger partial charge in [-0.2, -0.15) is 0 Å². The minimum atomic E-state index is -0.623. The summed E-state index contributed by atoms with van der Waals surface area (Å²) >= 11 is 0. The molecule has 0 amide bonds. The Balaban J connectivity index is 2.49. The summed E-state index contributed by atoms with van der Waals surface area (Å²) in [5, 5.41) is 0. The van der Waals surface area contributed by atoms with Crippen LogP contribution in [0.4, 0.5) is 0 Å². The minimum Gasteiger partial charge on any atom is -0.452 e. The lowest BCUT2D eigenvalue weighted by atomic mass is 10.6. The van der Waals surface area contributed by atoms with E-state index >= 15 is 0 Å². The van der Waals surface area contributed by atoms with Crippen molar-refractivity contribution in [1.29, 1.82) is 0 Å². The van der Waals surface area contributed by atoms with E-state index in [1.807, 2.05) is 0 Å². The van der Waals surface area contributed by atoms with Gasteiger partial charge in [0.15, 0.2) is 6.29 Å². The fraction of sp³-hybridized carbons (Fsp3) is 0.167. The lowest BCUT2D eigenvalue weighted by Crippen LogP contribution is -2.08. The first-order valence-corrected chi connectivity index (χ1v) is 2.94. The van der Waals surface area contributed by atoms with Crippen LogP contribution >= 0.6 is 0 Å². The Bertz CT molecular complexity index is 242. The number of aromatic nitrogens is 2. The molecule has 0 saturated carbocycles. The second kappa shape index (κ2) is 3.50. The van der Waals surface area contributed by atoms with E-state index in [4.69, 9.17) is 0 Å². The van der Waals surface area contributed by atoms with Crippen molar-refractivity contribution in [2.24, 2.45) is 0 Å². The zero-order chi connectivity index (χ0) is 8.10. The number of carbonyl (C=O) groups is 2. The summed E-state index contributed by atoms with van der Waals surface area (Å²) in [6.07, 6.45) is 3.43. The van der Waals surface area contributed by atoms with Crippen LogP contribution in [0.2, 0.25) is 0 Å². The van der Waals surface area contributed by atoms with Crippen molar-refractivity contribution in [3.05, 3.63) is 18.2 Å². The van der Waals surface area contributed by atoms with Gasteiger partial charge in [0, 0.05) is 12.4 Å². The normalized spacial score (nSPS) is 9.09. The van der Waals surface area contributed by atoms with Crippen LogP contribution in [0.5, 0.6) is 0 Å². The van der Waals surface area contributed by atoms with Gasteiger partial charge in [-0.05, 0) is 0 Å². The van der Waals surface area contributed by atoms with Crippen LogP contribution in [0, 0.1) is 0 Å². The average molecular weight is 154 g/mol. The highest BCUT2D eigenvalue weighted by Gasteiger charge is 2.07. The van der Waals surface area contributed by atoms with E-state index in [2.05, 4.69) is 14.7 Å². The first-order valence-electron chi connectivity index (χ1n) is 2.94. The number of rotatable bonds is 3. The molecule has 1 N–H and O–H groups in total. The van der Waals surface area contributed by atoms with Gasteiger partial charge in [-0.3, -0.25) is 4.79 Å². The molecule has 0 unspecified atom stereocenters. The lowest BCUT2D eigenvalue weighted by Gasteiger charge is -1.94. The van der Waals surface area contributed by atoms with E-state index < -0.39 is 5.97 Å². The van der Waals surface area contributed by atoms with Crippen molar-refractivity contribution in [2.45, 2.75) is 0 Å². The largest absolute Gasteiger partial charge is 0.452 e. The number of imidazole rings is 1. The number of hydrogen-bond donors (Lipinski definition) is 1. The third-order valence-electron chi connectivity index (χ3n) is 0.974. The van der Waals surface area contributed by atoms with Gasteiger partial charge >= 0.3 is 5.97 Å². The summed E-state index contributed by atoms with van der Waals surface area (Å²) in [4.78, 5) is 26.7. The number of hydrogen-bond acceptors (Lipinski definition) is 4. The smallest absolute Gasteiger partial charge is 0.374 e. The Kier molecular flexibility index (Phi) is 2.37. The number of ether oxygens (including phenoxy) is 1. The average Bonchev–Trinajstić information content (AvgIpc) is 2.52. The maximum absolute atomic E-state index is 10.8. The number of nitrogens with one attached hydrogen (secondary N) is 1. The highest BCUT2D eigenvalue weighted by molar-refractivity contribution is 5.85. The molecule has 0 radical (unpaired) electrons. The number of carbonyl (C=O) groups excluding carboxylic acids is 2. The highest BCUT2D eigenvalue weighted by Crippen LogP contribution is 1.90.